The molecule has 0 fully saturated rings. The number of methoxy groups -OCH3 is 1. The Labute approximate surface area is 197 Å². The van der Waals surface area contributed by atoms with Crippen molar-refractivity contribution < 1.29 is 27.4 Å². The summed E-state index contributed by atoms with van der Waals surface area (Å²) in [5.41, 5.74) is 2.64. The van der Waals surface area contributed by atoms with Crippen LogP contribution in [0.2, 0.25) is 0 Å². The second kappa shape index (κ2) is 8.50. The Kier molecular flexibility index (Phi) is 5.47. The fraction of sp³-hybridized carbons (Fsp3) is 0.115. The van der Waals surface area contributed by atoms with Crippen molar-refractivity contribution in [2.45, 2.75) is 12.7 Å². The number of nitrogens with zero attached hydrogens (tertiary/aromatic N) is 2. The molecule has 2 N–H and O–H groups in total. The molecule has 2 aromatic heterocycles. The Balaban J connectivity index is 1.68. The molecule has 0 amide bonds. The molecule has 0 saturated carbocycles. The van der Waals surface area contributed by atoms with Crippen LogP contribution in [-0.2, 0) is 12.7 Å². The number of fused-ring (bicyclic) bond motifs is 1. The summed E-state index contributed by atoms with van der Waals surface area (Å²) in [6.07, 6.45) is -4.44. The molecule has 5 aromatic rings. The number of ether oxygens (including phenoxy) is 1. The highest BCUT2D eigenvalue weighted by molar-refractivity contribution is 6.06. The summed E-state index contributed by atoms with van der Waals surface area (Å²) >= 11 is 0. The van der Waals surface area contributed by atoms with Crippen LogP contribution >= 0.6 is 0 Å². The molecule has 5 rings (SSSR count). The van der Waals surface area contributed by atoms with Gasteiger partial charge in [-0.25, -0.2) is 4.39 Å². The zero-order valence-electron chi connectivity index (χ0n) is 18.4. The smallest absolute Gasteiger partial charge is 0.416 e. The lowest BCUT2D eigenvalue weighted by atomic mass is 10.0. The van der Waals surface area contributed by atoms with Gasteiger partial charge in [-0.05, 0) is 71.8 Å². The minimum Gasteiger partial charge on any atom is -0.497 e. The molecule has 35 heavy (non-hydrogen) atoms. The van der Waals surface area contributed by atoms with Gasteiger partial charge in [0.05, 0.1) is 30.3 Å². The van der Waals surface area contributed by atoms with Crippen LogP contribution in [0.4, 0.5) is 17.6 Å². The maximum atomic E-state index is 13.7. The first kappa shape index (κ1) is 22.5. The second-order valence-corrected chi connectivity index (χ2v) is 8.01. The third kappa shape index (κ3) is 4.09. The maximum absolute atomic E-state index is 13.7. The van der Waals surface area contributed by atoms with Crippen molar-refractivity contribution >= 4 is 10.9 Å². The predicted octanol–water partition coefficient (Wildman–Crippen LogP) is 6.62. The number of halogens is 4. The number of aromatic hydroxyl groups is 1. The first-order valence-corrected chi connectivity index (χ1v) is 10.6. The van der Waals surface area contributed by atoms with Crippen molar-refractivity contribution in [3.05, 3.63) is 89.7 Å². The third-order valence-electron chi connectivity index (χ3n) is 5.86. The van der Waals surface area contributed by atoms with E-state index in [4.69, 9.17) is 4.74 Å². The van der Waals surface area contributed by atoms with Gasteiger partial charge in [0.2, 0.25) is 5.88 Å². The zero-order valence-corrected chi connectivity index (χ0v) is 18.4. The van der Waals surface area contributed by atoms with E-state index in [0.29, 0.717) is 39.2 Å². The average Bonchev–Trinajstić information content (AvgIpc) is 3.39. The number of hydrogen-bond acceptors (Lipinski definition) is 3. The SMILES string of the molecule is COc1ccc(-c2n[nH]c3c(O)n(Cc4ccc(C(F)(F)F)cc4)c(-c4ccc(F)cc4)c23)cc1. The van der Waals surface area contributed by atoms with Gasteiger partial charge in [0.15, 0.2) is 0 Å². The Morgan fingerprint density at radius 2 is 1.54 bits per heavy atom. The summed E-state index contributed by atoms with van der Waals surface area (Å²) in [7, 11) is 1.56. The normalized spacial score (nSPS) is 11.8. The minimum atomic E-state index is -4.44. The van der Waals surface area contributed by atoms with Gasteiger partial charge in [-0.2, -0.15) is 18.3 Å². The standard InChI is InChI=1S/C26H19F4N3O2/c1-35-20-12-6-16(7-13-20)22-21-23(32-31-22)25(34)33(24(21)17-4-10-19(27)11-5-17)14-15-2-8-18(9-3-15)26(28,29)30/h2-13,32,34H,14H2,1H3. The summed E-state index contributed by atoms with van der Waals surface area (Å²) in [6.45, 7) is 0.0846. The molecular formula is C26H19F4N3O2. The molecule has 9 heteroatoms. The highest BCUT2D eigenvalue weighted by Gasteiger charge is 2.30. The second-order valence-electron chi connectivity index (χ2n) is 8.01. The van der Waals surface area contributed by atoms with Gasteiger partial charge in [-0.1, -0.05) is 12.1 Å². The van der Waals surface area contributed by atoms with Gasteiger partial charge in [0, 0.05) is 5.56 Å². The third-order valence-corrected chi connectivity index (χ3v) is 5.86. The van der Waals surface area contributed by atoms with E-state index in [2.05, 4.69) is 10.2 Å². The summed E-state index contributed by atoms with van der Waals surface area (Å²) in [4.78, 5) is 0. The van der Waals surface area contributed by atoms with Gasteiger partial charge < -0.3 is 14.4 Å². The molecule has 0 atom stereocenters. The summed E-state index contributed by atoms with van der Waals surface area (Å²) < 4.78 is 59.4. The predicted molar refractivity (Wildman–Crippen MR) is 124 cm³/mol. The fourth-order valence-electron chi connectivity index (χ4n) is 4.11. The Hall–Kier alpha value is -4.27. The van der Waals surface area contributed by atoms with E-state index < -0.39 is 17.6 Å². The lowest BCUT2D eigenvalue weighted by Gasteiger charge is -2.13. The van der Waals surface area contributed by atoms with Crippen molar-refractivity contribution in [2.24, 2.45) is 0 Å². The van der Waals surface area contributed by atoms with Gasteiger partial charge in [0.25, 0.3) is 0 Å². The molecule has 0 spiro atoms. The van der Waals surface area contributed by atoms with E-state index in [1.165, 1.54) is 24.3 Å². The molecule has 0 unspecified atom stereocenters. The first-order chi connectivity index (χ1) is 16.8. The number of H-pyrrole nitrogens is 1. The molecule has 0 radical (unpaired) electrons. The summed E-state index contributed by atoms with van der Waals surface area (Å²) in [5, 5.41) is 19.0. The van der Waals surface area contributed by atoms with Gasteiger partial charge in [0.1, 0.15) is 22.8 Å². The molecule has 2 heterocycles. The van der Waals surface area contributed by atoms with Crippen LogP contribution in [0.3, 0.4) is 0 Å². The highest BCUT2D eigenvalue weighted by atomic mass is 19.4. The Bertz CT molecular complexity index is 1480. The number of aromatic nitrogens is 3. The number of benzene rings is 3. The van der Waals surface area contributed by atoms with Crippen molar-refractivity contribution in [1.29, 1.82) is 0 Å². The van der Waals surface area contributed by atoms with Crippen LogP contribution in [0.5, 0.6) is 11.6 Å². The topological polar surface area (TPSA) is 63.1 Å². The lowest BCUT2D eigenvalue weighted by molar-refractivity contribution is -0.137. The largest absolute Gasteiger partial charge is 0.497 e. The number of nitrogens with one attached hydrogen (secondary N) is 1. The van der Waals surface area contributed by atoms with E-state index in [9.17, 15) is 22.7 Å². The molecule has 0 bridgehead atoms. The van der Waals surface area contributed by atoms with Crippen LogP contribution in [-0.4, -0.2) is 27.0 Å². The average molecular weight is 481 g/mol. The fourth-order valence-corrected chi connectivity index (χ4v) is 4.11. The minimum absolute atomic E-state index is 0.0846. The van der Waals surface area contributed by atoms with Gasteiger partial charge in [-0.15, -0.1) is 0 Å². The van der Waals surface area contributed by atoms with Crippen LogP contribution in [0.15, 0.2) is 72.8 Å². The molecule has 0 aliphatic rings. The Morgan fingerprint density at radius 1 is 0.914 bits per heavy atom. The summed E-state index contributed by atoms with van der Waals surface area (Å²) in [6, 6.07) is 17.7. The molecule has 0 aliphatic heterocycles. The van der Waals surface area contributed by atoms with Gasteiger partial charge >= 0.3 is 6.18 Å². The van der Waals surface area contributed by atoms with Crippen LogP contribution in [0.1, 0.15) is 11.1 Å². The van der Waals surface area contributed by atoms with Gasteiger partial charge in [-0.3, -0.25) is 5.10 Å². The first-order valence-electron chi connectivity index (χ1n) is 10.6. The lowest BCUT2D eigenvalue weighted by Crippen LogP contribution is -2.06. The van der Waals surface area contributed by atoms with Crippen molar-refractivity contribution in [1.82, 2.24) is 14.8 Å². The Morgan fingerprint density at radius 3 is 2.14 bits per heavy atom. The van der Waals surface area contributed by atoms with Crippen LogP contribution < -0.4 is 4.74 Å². The monoisotopic (exact) mass is 481 g/mol. The van der Waals surface area contributed by atoms with E-state index in [0.717, 1.165) is 17.7 Å². The quantitative estimate of drug-likeness (QED) is 0.278. The van der Waals surface area contributed by atoms with E-state index >= 15 is 0 Å². The number of rotatable bonds is 5. The number of aromatic amines is 1. The number of hydrogen-bond donors (Lipinski definition) is 2. The zero-order chi connectivity index (χ0) is 24.7. The van der Waals surface area contributed by atoms with Crippen molar-refractivity contribution in [3.63, 3.8) is 0 Å². The van der Waals surface area contributed by atoms with Crippen molar-refractivity contribution in [2.75, 3.05) is 7.11 Å². The molecule has 178 valence electrons. The molecule has 0 aliphatic carbocycles. The van der Waals surface area contributed by atoms with Crippen LogP contribution in [0, 0.1) is 5.82 Å². The van der Waals surface area contributed by atoms with Crippen molar-refractivity contribution in [3.8, 4) is 34.1 Å². The molecule has 5 nitrogen and oxygen atoms in total. The summed E-state index contributed by atoms with van der Waals surface area (Å²) in [5.74, 6) is 0.117. The van der Waals surface area contributed by atoms with E-state index in [1.54, 1.807) is 35.9 Å². The van der Waals surface area contributed by atoms with E-state index in [-0.39, 0.29) is 12.4 Å². The molecular weight excluding hydrogens is 462 g/mol. The molecule has 0 saturated heterocycles. The van der Waals surface area contributed by atoms with E-state index in [1.807, 2.05) is 12.1 Å². The number of alkyl halides is 3. The van der Waals surface area contributed by atoms with Crippen LogP contribution in [0.25, 0.3) is 33.4 Å². The maximum Gasteiger partial charge on any atom is 0.416 e. The highest BCUT2D eigenvalue weighted by Crippen LogP contribution is 2.42. The molecule has 3 aromatic carbocycles.